The lowest BCUT2D eigenvalue weighted by molar-refractivity contribution is -0.122. The predicted molar refractivity (Wildman–Crippen MR) is 132 cm³/mol. The number of methoxy groups -OCH3 is 1. The van der Waals surface area contributed by atoms with Crippen LogP contribution in [-0.4, -0.2) is 31.5 Å². The van der Waals surface area contributed by atoms with Crippen molar-refractivity contribution in [2.45, 2.75) is 13.3 Å². The maximum atomic E-state index is 13.0. The van der Waals surface area contributed by atoms with Crippen LogP contribution in [0.25, 0.3) is 0 Å². The number of carbonyl (C=O) groups is 3. The average molecular weight is 459 g/mol. The molecule has 1 aliphatic heterocycles. The van der Waals surface area contributed by atoms with Gasteiger partial charge in [-0.1, -0.05) is 30.3 Å². The van der Waals surface area contributed by atoms with Crippen LogP contribution >= 0.6 is 0 Å². The minimum Gasteiger partial charge on any atom is -0.497 e. The van der Waals surface area contributed by atoms with Crippen LogP contribution in [0, 0.1) is 12.8 Å². The first-order chi connectivity index (χ1) is 16.4. The Morgan fingerprint density at radius 2 is 1.68 bits per heavy atom. The first-order valence-electron chi connectivity index (χ1n) is 10.9. The third kappa shape index (κ3) is 5.35. The van der Waals surface area contributed by atoms with E-state index in [0.717, 1.165) is 5.56 Å². The third-order valence-electron chi connectivity index (χ3n) is 5.65. The number of para-hydroxylation sites is 1. The van der Waals surface area contributed by atoms with E-state index in [0.29, 0.717) is 28.5 Å². The Morgan fingerprint density at radius 1 is 0.912 bits per heavy atom. The summed E-state index contributed by atoms with van der Waals surface area (Å²) in [7, 11) is 1.57. The first kappa shape index (κ1) is 22.8. The van der Waals surface area contributed by atoms with Gasteiger partial charge >= 0.3 is 6.03 Å². The molecule has 1 fully saturated rings. The van der Waals surface area contributed by atoms with E-state index in [9.17, 15) is 14.4 Å². The summed E-state index contributed by atoms with van der Waals surface area (Å²) in [6.45, 7) is 2.15. The van der Waals surface area contributed by atoms with E-state index in [1.807, 2.05) is 43.3 Å². The Kier molecular flexibility index (Phi) is 6.77. The van der Waals surface area contributed by atoms with Gasteiger partial charge in [0.2, 0.25) is 11.8 Å². The molecule has 8 nitrogen and oxygen atoms in total. The standard InChI is InChI=1S/C26H26N4O4/c1-17-11-12-20(28-26(33)27-19-7-4-3-5-8-19)14-23(17)29-25(32)18-13-24(31)30(16-18)21-9-6-10-22(15-21)34-2/h3-12,14-15,18H,13,16H2,1-2H3,(H,29,32)(H2,27,28,33). The van der Waals surface area contributed by atoms with Crippen molar-refractivity contribution in [3.05, 3.63) is 78.4 Å². The molecule has 0 aromatic heterocycles. The molecule has 3 N–H and O–H groups in total. The monoisotopic (exact) mass is 458 g/mol. The number of nitrogens with one attached hydrogen (secondary N) is 3. The normalized spacial score (nSPS) is 15.1. The van der Waals surface area contributed by atoms with Crippen molar-refractivity contribution in [3.63, 3.8) is 0 Å². The lowest BCUT2D eigenvalue weighted by Gasteiger charge is -2.18. The smallest absolute Gasteiger partial charge is 0.323 e. The van der Waals surface area contributed by atoms with Gasteiger partial charge in [0.05, 0.1) is 13.0 Å². The molecular weight excluding hydrogens is 432 g/mol. The van der Waals surface area contributed by atoms with Crippen LogP contribution in [0.4, 0.5) is 27.5 Å². The van der Waals surface area contributed by atoms with Crippen LogP contribution in [0.1, 0.15) is 12.0 Å². The molecule has 1 saturated heterocycles. The zero-order chi connectivity index (χ0) is 24.1. The summed E-state index contributed by atoms with van der Waals surface area (Å²) in [5.41, 5.74) is 3.33. The van der Waals surface area contributed by atoms with Crippen molar-refractivity contribution in [2.24, 2.45) is 5.92 Å². The number of aryl methyl sites for hydroxylation is 1. The summed E-state index contributed by atoms with van der Waals surface area (Å²) in [4.78, 5) is 39.5. The van der Waals surface area contributed by atoms with Gasteiger partial charge in [-0.2, -0.15) is 0 Å². The molecule has 1 aliphatic rings. The molecule has 3 aromatic rings. The number of rotatable bonds is 6. The van der Waals surface area contributed by atoms with Crippen molar-refractivity contribution in [1.29, 1.82) is 0 Å². The summed E-state index contributed by atoms with van der Waals surface area (Å²) in [5, 5.41) is 8.44. The molecule has 0 radical (unpaired) electrons. The molecule has 1 atom stereocenters. The molecule has 0 spiro atoms. The van der Waals surface area contributed by atoms with Crippen LogP contribution in [0.2, 0.25) is 0 Å². The molecular formula is C26H26N4O4. The third-order valence-corrected chi connectivity index (χ3v) is 5.65. The van der Waals surface area contributed by atoms with E-state index in [2.05, 4.69) is 16.0 Å². The van der Waals surface area contributed by atoms with Gasteiger partial charge in [-0.25, -0.2) is 4.79 Å². The Bertz CT molecular complexity index is 1210. The molecule has 3 aromatic carbocycles. The second-order valence-electron chi connectivity index (χ2n) is 8.07. The van der Waals surface area contributed by atoms with Crippen LogP contribution < -0.4 is 25.6 Å². The SMILES string of the molecule is COc1cccc(N2CC(C(=O)Nc3cc(NC(=O)Nc4ccccc4)ccc3C)CC2=O)c1. The number of nitrogens with zero attached hydrogens (tertiary/aromatic N) is 1. The fraction of sp³-hybridized carbons (Fsp3) is 0.192. The molecule has 1 unspecified atom stereocenters. The quantitative estimate of drug-likeness (QED) is 0.501. The summed E-state index contributed by atoms with van der Waals surface area (Å²) >= 11 is 0. The number of ether oxygens (including phenoxy) is 1. The van der Waals surface area contributed by atoms with Gasteiger partial charge in [0, 0.05) is 41.8 Å². The molecule has 174 valence electrons. The van der Waals surface area contributed by atoms with Gasteiger partial charge < -0.3 is 25.6 Å². The molecule has 0 aliphatic carbocycles. The van der Waals surface area contributed by atoms with Gasteiger partial charge in [0.25, 0.3) is 0 Å². The van der Waals surface area contributed by atoms with E-state index in [1.54, 1.807) is 48.4 Å². The first-order valence-corrected chi connectivity index (χ1v) is 10.9. The highest BCUT2D eigenvalue weighted by Crippen LogP contribution is 2.29. The second-order valence-corrected chi connectivity index (χ2v) is 8.07. The minimum absolute atomic E-state index is 0.113. The maximum absolute atomic E-state index is 13.0. The summed E-state index contributed by atoms with van der Waals surface area (Å²) in [6.07, 6.45) is 0.125. The van der Waals surface area contributed by atoms with Gasteiger partial charge in [-0.15, -0.1) is 0 Å². The van der Waals surface area contributed by atoms with Crippen molar-refractivity contribution in [1.82, 2.24) is 0 Å². The Balaban J connectivity index is 1.40. The molecule has 4 rings (SSSR count). The van der Waals surface area contributed by atoms with Gasteiger partial charge in [0.1, 0.15) is 5.75 Å². The molecule has 8 heteroatoms. The number of anilines is 4. The van der Waals surface area contributed by atoms with Crippen molar-refractivity contribution in [3.8, 4) is 5.75 Å². The zero-order valence-corrected chi connectivity index (χ0v) is 19.0. The largest absolute Gasteiger partial charge is 0.497 e. The Morgan fingerprint density at radius 3 is 2.44 bits per heavy atom. The van der Waals surface area contributed by atoms with E-state index in [1.165, 1.54) is 0 Å². The topological polar surface area (TPSA) is 99.8 Å². The number of hydrogen-bond donors (Lipinski definition) is 3. The molecule has 4 amide bonds. The summed E-state index contributed by atoms with van der Waals surface area (Å²) in [5.74, 6) is -0.198. The molecule has 0 bridgehead atoms. The molecule has 0 saturated carbocycles. The number of carbonyl (C=O) groups excluding carboxylic acids is 3. The maximum Gasteiger partial charge on any atom is 0.323 e. The zero-order valence-electron chi connectivity index (χ0n) is 19.0. The van der Waals surface area contributed by atoms with Gasteiger partial charge in [-0.05, 0) is 48.9 Å². The van der Waals surface area contributed by atoms with E-state index in [-0.39, 0.29) is 30.8 Å². The minimum atomic E-state index is -0.490. The van der Waals surface area contributed by atoms with Gasteiger partial charge in [0.15, 0.2) is 0 Å². The van der Waals surface area contributed by atoms with Crippen molar-refractivity contribution < 1.29 is 19.1 Å². The highest BCUT2D eigenvalue weighted by Gasteiger charge is 2.35. The number of urea groups is 1. The Labute approximate surface area is 197 Å². The number of hydrogen-bond acceptors (Lipinski definition) is 4. The fourth-order valence-electron chi connectivity index (χ4n) is 3.80. The molecule has 34 heavy (non-hydrogen) atoms. The summed E-state index contributed by atoms with van der Waals surface area (Å²) in [6, 6.07) is 21.2. The fourth-order valence-corrected chi connectivity index (χ4v) is 3.80. The Hall–Kier alpha value is -4.33. The van der Waals surface area contributed by atoms with Crippen LogP contribution in [0.3, 0.4) is 0 Å². The van der Waals surface area contributed by atoms with E-state index < -0.39 is 5.92 Å². The van der Waals surface area contributed by atoms with Crippen LogP contribution in [0.15, 0.2) is 72.8 Å². The van der Waals surface area contributed by atoms with Crippen molar-refractivity contribution >= 4 is 40.6 Å². The number of benzene rings is 3. The van der Waals surface area contributed by atoms with E-state index >= 15 is 0 Å². The predicted octanol–water partition coefficient (Wildman–Crippen LogP) is 4.64. The lowest BCUT2D eigenvalue weighted by atomic mass is 10.1. The second kappa shape index (κ2) is 10.1. The highest BCUT2D eigenvalue weighted by molar-refractivity contribution is 6.04. The van der Waals surface area contributed by atoms with Crippen LogP contribution in [-0.2, 0) is 9.59 Å². The number of amides is 4. The lowest BCUT2D eigenvalue weighted by Crippen LogP contribution is -2.28. The molecule has 1 heterocycles. The van der Waals surface area contributed by atoms with E-state index in [4.69, 9.17) is 4.74 Å². The van der Waals surface area contributed by atoms with Crippen LogP contribution in [0.5, 0.6) is 5.75 Å². The highest BCUT2D eigenvalue weighted by atomic mass is 16.5. The summed E-state index contributed by atoms with van der Waals surface area (Å²) < 4.78 is 5.24. The average Bonchev–Trinajstić information content (AvgIpc) is 3.23. The van der Waals surface area contributed by atoms with Crippen molar-refractivity contribution in [2.75, 3.05) is 34.5 Å². The van der Waals surface area contributed by atoms with Gasteiger partial charge in [-0.3, -0.25) is 9.59 Å².